The normalized spacial score (nSPS) is 23.3. The molecule has 0 radical (unpaired) electrons. The summed E-state index contributed by atoms with van der Waals surface area (Å²) >= 11 is 1.95. The van der Waals surface area contributed by atoms with Crippen LogP contribution in [0.3, 0.4) is 0 Å². The Morgan fingerprint density at radius 2 is 2.07 bits per heavy atom. The summed E-state index contributed by atoms with van der Waals surface area (Å²) < 4.78 is 28.0. The first-order valence-electron chi connectivity index (χ1n) is 12.3. The number of fused-ring (bicyclic) bond motifs is 2. The number of halogens is 1. The van der Waals surface area contributed by atoms with Gasteiger partial charge in [-0.1, -0.05) is 10.8 Å². The molecule has 0 amide bonds. The summed E-state index contributed by atoms with van der Waals surface area (Å²) in [5.41, 5.74) is 5.05. The van der Waals surface area contributed by atoms with E-state index in [-0.39, 0.29) is 35.7 Å². The first-order chi connectivity index (χ1) is 19.9. The van der Waals surface area contributed by atoms with Gasteiger partial charge in [-0.3, -0.25) is 9.09 Å². The van der Waals surface area contributed by atoms with Crippen LogP contribution in [0.25, 0.3) is 22.1 Å². The number of carbonyl (C=O) groups is 1. The average Bonchev–Trinajstić information content (AvgIpc) is 3.37. The number of aliphatic hydroxyl groups is 2. The standard InChI is InChI=1S/C24H25IN7O9P/c1-10(20(34)35)31-42(37)41-13-6-4-5-12-11(13)7-8-15(27-12)39-9-14-17(33)24(2,36)21(40-14)32-18-16(28-22(32)25)19(38-3)30-23(26)29-18/h4-8,10,14,17,21,33,36H,9H2,1-3H3,(H,34,35)(H2,26,29,30)/t10?,14-,17-,21-,24-/m1/s1. The van der Waals surface area contributed by atoms with Gasteiger partial charge in [0.25, 0.3) is 0 Å². The number of carboxylic acids is 1. The van der Waals surface area contributed by atoms with E-state index >= 15 is 0 Å². The lowest BCUT2D eigenvalue weighted by Gasteiger charge is -2.27. The molecule has 16 nitrogen and oxygen atoms in total. The summed E-state index contributed by atoms with van der Waals surface area (Å²) in [6, 6.07) is 6.81. The second-order valence-corrected chi connectivity index (χ2v) is 11.3. The summed E-state index contributed by atoms with van der Waals surface area (Å²) in [4.78, 5) is 40.3. The number of rotatable bonds is 9. The molecule has 0 bridgehead atoms. The topological polar surface area (TPSA) is 233 Å². The Kier molecular flexibility index (Phi) is 8.32. The van der Waals surface area contributed by atoms with Crippen LogP contribution in [0.2, 0.25) is 0 Å². The van der Waals surface area contributed by atoms with Crippen molar-refractivity contribution in [2.24, 2.45) is 4.74 Å². The van der Waals surface area contributed by atoms with Crippen LogP contribution in [0.1, 0.15) is 20.1 Å². The minimum Gasteiger partial charge on any atom is -0.575 e. The van der Waals surface area contributed by atoms with Crippen LogP contribution in [-0.2, 0) is 9.53 Å². The van der Waals surface area contributed by atoms with Gasteiger partial charge in [0.1, 0.15) is 24.4 Å². The lowest BCUT2D eigenvalue weighted by atomic mass is 9.96. The van der Waals surface area contributed by atoms with Gasteiger partial charge in [0, 0.05) is 34.0 Å². The molecular formula is C24H25IN7O9P. The fourth-order valence-electron chi connectivity index (χ4n) is 4.38. The molecule has 42 heavy (non-hydrogen) atoms. The van der Waals surface area contributed by atoms with E-state index in [1.807, 2.05) is 22.6 Å². The van der Waals surface area contributed by atoms with Gasteiger partial charge in [-0.25, -0.2) is 14.8 Å². The van der Waals surface area contributed by atoms with E-state index in [2.05, 4.69) is 24.7 Å². The number of pyridine rings is 1. The van der Waals surface area contributed by atoms with Crippen LogP contribution in [0.4, 0.5) is 5.95 Å². The zero-order chi connectivity index (χ0) is 30.3. The predicted octanol–water partition coefficient (Wildman–Crippen LogP) is 1.37. The van der Waals surface area contributed by atoms with Crippen molar-refractivity contribution in [3.63, 3.8) is 0 Å². The van der Waals surface area contributed by atoms with Gasteiger partial charge in [-0.2, -0.15) is 9.97 Å². The lowest BCUT2D eigenvalue weighted by molar-refractivity contribution is -0.169. The third-order valence-corrected chi connectivity index (χ3v) is 8.18. The highest BCUT2D eigenvalue weighted by atomic mass is 127. The van der Waals surface area contributed by atoms with Crippen molar-refractivity contribution in [3.8, 4) is 17.5 Å². The maximum absolute atomic E-state index is 12.2. The molecule has 2 unspecified atom stereocenters. The number of anilines is 1. The number of hydrogen-bond donors (Lipinski definition) is 4. The molecular weight excluding hydrogens is 688 g/mol. The SMILES string of the molecule is COc1nc(N)nc2c1nc(I)n2[C@@H]1O[C@H](COc2ccc3c(O/[P+]([O-])=N/C(C)C(=O)O)cccc3n2)[C@@H](O)[C@@]1(C)O. The number of aliphatic hydroxyl groups excluding tert-OH is 1. The highest BCUT2D eigenvalue weighted by Crippen LogP contribution is 2.41. The van der Waals surface area contributed by atoms with Gasteiger partial charge in [0.05, 0.1) is 12.6 Å². The Labute approximate surface area is 252 Å². The summed E-state index contributed by atoms with van der Waals surface area (Å²) in [7, 11) is -1.22. The number of nitrogens with zero attached hydrogens (tertiary/aromatic N) is 6. The fraction of sp³-hybridized carbons (Fsp3) is 0.375. The number of aromatic nitrogens is 5. The summed E-state index contributed by atoms with van der Waals surface area (Å²) in [6.07, 6.45) is -3.46. The molecule has 5 rings (SSSR count). The molecule has 18 heteroatoms. The molecule has 3 aromatic heterocycles. The molecule has 1 saturated heterocycles. The zero-order valence-corrected chi connectivity index (χ0v) is 25.3. The Hall–Kier alpha value is -3.48. The van der Waals surface area contributed by atoms with Crippen molar-refractivity contribution >= 4 is 64.7 Å². The number of hydrogen-bond acceptors (Lipinski definition) is 14. The van der Waals surface area contributed by atoms with E-state index < -0.39 is 44.2 Å². The Bertz CT molecular complexity index is 1700. The third kappa shape index (κ3) is 5.62. The third-order valence-electron chi connectivity index (χ3n) is 6.53. The minimum atomic E-state index is -2.64. The van der Waals surface area contributed by atoms with Crippen molar-refractivity contribution in [1.29, 1.82) is 0 Å². The van der Waals surface area contributed by atoms with E-state index in [4.69, 9.17) is 29.6 Å². The van der Waals surface area contributed by atoms with Crippen molar-refractivity contribution < 1.29 is 43.7 Å². The number of benzene rings is 1. The molecule has 4 heterocycles. The number of aliphatic carboxylic acids is 1. The lowest BCUT2D eigenvalue weighted by Crippen LogP contribution is -2.45. The van der Waals surface area contributed by atoms with Gasteiger partial charge in [-0.05, 0) is 32.0 Å². The van der Waals surface area contributed by atoms with E-state index in [9.17, 15) is 19.9 Å². The molecule has 1 aromatic carbocycles. The van der Waals surface area contributed by atoms with Crippen molar-refractivity contribution in [1.82, 2.24) is 24.5 Å². The Balaban J connectivity index is 1.35. The molecule has 4 aromatic rings. The largest absolute Gasteiger partial charge is 0.575 e. The van der Waals surface area contributed by atoms with Gasteiger partial charge in [0.2, 0.25) is 17.7 Å². The maximum Gasteiger partial charge on any atom is 0.395 e. The predicted molar refractivity (Wildman–Crippen MR) is 154 cm³/mol. The van der Waals surface area contributed by atoms with Gasteiger partial charge >= 0.3 is 14.1 Å². The number of carboxylic acid groups (broad SMARTS) is 1. The van der Waals surface area contributed by atoms with Crippen molar-refractivity contribution in [3.05, 3.63) is 34.2 Å². The summed E-state index contributed by atoms with van der Waals surface area (Å²) in [5.74, 6) is -0.758. The molecule has 5 N–H and O–H groups in total. The smallest absolute Gasteiger partial charge is 0.395 e. The highest BCUT2D eigenvalue weighted by Gasteiger charge is 2.54. The number of methoxy groups -OCH3 is 1. The van der Waals surface area contributed by atoms with Crippen LogP contribution in [0.5, 0.6) is 17.5 Å². The molecule has 0 spiro atoms. The first kappa shape index (κ1) is 30.0. The molecule has 0 aliphatic carbocycles. The second kappa shape index (κ2) is 11.7. The average molecular weight is 713 g/mol. The van der Waals surface area contributed by atoms with Crippen LogP contribution in [0.15, 0.2) is 35.1 Å². The van der Waals surface area contributed by atoms with Crippen LogP contribution in [0, 0.1) is 3.83 Å². The van der Waals surface area contributed by atoms with E-state index in [0.29, 0.717) is 20.3 Å². The molecule has 1 fully saturated rings. The molecule has 0 saturated carbocycles. The van der Waals surface area contributed by atoms with Crippen LogP contribution >= 0.6 is 30.8 Å². The van der Waals surface area contributed by atoms with E-state index in [0.717, 1.165) is 0 Å². The number of nitrogens with two attached hydrogens (primary N) is 1. The maximum atomic E-state index is 12.2. The zero-order valence-electron chi connectivity index (χ0n) is 22.3. The summed E-state index contributed by atoms with van der Waals surface area (Å²) in [6.45, 7) is 2.54. The molecule has 1 aliphatic rings. The first-order valence-corrected chi connectivity index (χ1v) is 14.5. The highest BCUT2D eigenvalue weighted by molar-refractivity contribution is 14.1. The Morgan fingerprint density at radius 3 is 2.79 bits per heavy atom. The van der Waals surface area contributed by atoms with Crippen molar-refractivity contribution in [2.45, 2.75) is 43.9 Å². The van der Waals surface area contributed by atoms with Crippen molar-refractivity contribution in [2.75, 3.05) is 19.5 Å². The molecule has 222 valence electrons. The van der Waals surface area contributed by atoms with E-state index in [1.54, 1.807) is 24.3 Å². The van der Waals surface area contributed by atoms with Crippen LogP contribution < -0.4 is 24.6 Å². The van der Waals surface area contributed by atoms with Crippen LogP contribution in [-0.4, -0.2) is 83.4 Å². The quantitative estimate of drug-likeness (QED) is 0.109. The van der Waals surface area contributed by atoms with E-state index in [1.165, 1.54) is 31.6 Å². The molecule has 1 aliphatic heterocycles. The monoisotopic (exact) mass is 713 g/mol. The number of ether oxygens (including phenoxy) is 3. The van der Waals surface area contributed by atoms with Gasteiger partial charge in [-0.15, -0.1) is 0 Å². The second-order valence-electron chi connectivity index (χ2n) is 9.45. The molecule has 6 atom stereocenters. The summed E-state index contributed by atoms with van der Waals surface area (Å²) in [5, 5.41) is 31.7. The van der Waals surface area contributed by atoms with Gasteiger partial charge < -0.3 is 40.2 Å². The Morgan fingerprint density at radius 1 is 1.31 bits per heavy atom. The number of imidazole rings is 1. The number of nitrogen functional groups attached to an aromatic ring is 1. The fourth-order valence-corrected chi connectivity index (χ4v) is 5.85. The van der Waals surface area contributed by atoms with Gasteiger partial charge in [0.15, 0.2) is 33.0 Å². The minimum absolute atomic E-state index is 0.0676.